The Bertz CT molecular complexity index is 1040. The maximum absolute atomic E-state index is 13.2. The third-order valence-corrected chi connectivity index (χ3v) is 4.89. The highest BCUT2D eigenvalue weighted by Gasteiger charge is 2.34. The average Bonchev–Trinajstić information content (AvgIpc) is 3.21. The minimum absolute atomic E-state index is 0.158. The number of benzene rings is 2. The van der Waals surface area contributed by atoms with Crippen LogP contribution in [-0.4, -0.2) is 28.0 Å². The van der Waals surface area contributed by atoms with Crippen LogP contribution in [0.2, 0.25) is 0 Å². The van der Waals surface area contributed by atoms with Crippen molar-refractivity contribution in [3.05, 3.63) is 95.3 Å². The molecular weight excluding hydrogens is 364 g/mol. The highest BCUT2D eigenvalue weighted by molar-refractivity contribution is 6.05. The summed E-state index contributed by atoms with van der Waals surface area (Å²) in [5.74, 6) is -0.158. The number of hydrogen-bond donors (Lipinski definition) is 1. The van der Waals surface area contributed by atoms with Gasteiger partial charge in [0.25, 0.3) is 5.91 Å². The topological polar surface area (TPSA) is 74.7 Å². The third-order valence-electron chi connectivity index (χ3n) is 4.89. The van der Waals surface area contributed by atoms with Crippen LogP contribution in [0.1, 0.15) is 39.6 Å². The molecule has 2 aromatic carbocycles. The van der Waals surface area contributed by atoms with Gasteiger partial charge in [-0.15, -0.1) is 0 Å². The highest BCUT2D eigenvalue weighted by Crippen LogP contribution is 2.33. The van der Waals surface area contributed by atoms with Crippen molar-refractivity contribution in [2.75, 3.05) is 5.32 Å². The summed E-state index contributed by atoms with van der Waals surface area (Å²) in [4.78, 5) is 28.3. The van der Waals surface area contributed by atoms with Gasteiger partial charge in [0.2, 0.25) is 6.41 Å². The molecule has 0 fully saturated rings. The Morgan fingerprint density at radius 1 is 1.07 bits per heavy atom. The van der Waals surface area contributed by atoms with Crippen LogP contribution in [-0.2, 0) is 4.79 Å². The van der Waals surface area contributed by atoms with Crippen LogP contribution in [0.15, 0.2) is 78.0 Å². The zero-order valence-corrected chi connectivity index (χ0v) is 15.9. The van der Waals surface area contributed by atoms with Crippen LogP contribution < -0.4 is 5.32 Å². The highest BCUT2D eigenvalue weighted by atomic mass is 16.2. The Morgan fingerprint density at radius 3 is 2.48 bits per heavy atom. The van der Waals surface area contributed by atoms with Gasteiger partial charge in [0.05, 0.1) is 11.4 Å². The van der Waals surface area contributed by atoms with Gasteiger partial charge in [0.15, 0.2) is 0 Å². The van der Waals surface area contributed by atoms with Crippen molar-refractivity contribution in [1.82, 2.24) is 9.99 Å². The van der Waals surface area contributed by atoms with E-state index in [9.17, 15) is 9.59 Å². The minimum Gasteiger partial charge on any atom is -0.329 e. The molecule has 1 aromatic heterocycles. The number of pyridine rings is 1. The van der Waals surface area contributed by atoms with E-state index in [1.807, 2.05) is 73.7 Å². The van der Waals surface area contributed by atoms with E-state index < -0.39 is 0 Å². The molecule has 0 aliphatic carbocycles. The second-order valence-electron chi connectivity index (χ2n) is 6.88. The van der Waals surface area contributed by atoms with Gasteiger partial charge >= 0.3 is 0 Å². The fourth-order valence-electron chi connectivity index (χ4n) is 3.33. The van der Waals surface area contributed by atoms with E-state index in [4.69, 9.17) is 0 Å². The normalized spacial score (nSPS) is 15.7. The first-order chi connectivity index (χ1) is 14.2. The first kappa shape index (κ1) is 18.6. The second-order valence-corrected chi connectivity index (χ2v) is 6.88. The van der Waals surface area contributed by atoms with Gasteiger partial charge in [-0.05, 0) is 48.9 Å². The molecular formula is C23H20N4O2. The van der Waals surface area contributed by atoms with Crippen LogP contribution in [0.4, 0.5) is 5.69 Å². The molecule has 1 aliphatic rings. The predicted molar refractivity (Wildman–Crippen MR) is 112 cm³/mol. The molecule has 6 heteroatoms. The molecule has 144 valence electrons. The van der Waals surface area contributed by atoms with Crippen molar-refractivity contribution in [3.8, 4) is 0 Å². The number of rotatable bonds is 5. The Labute approximate surface area is 168 Å². The van der Waals surface area contributed by atoms with Crippen molar-refractivity contribution in [1.29, 1.82) is 0 Å². The predicted octanol–water partition coefficient (Wildman–Crippen LogP) is 3.95. The van der Waals surface area contributed by atoms with Crippen molar-refractivity contribution in [2.45, 2.75) is 19.4 Å². The summed E-state index contributed by atoms with van der Waals surface area (Å²) >= 11 is 0. The lowest BCUT2D eigenvalue weighted by Crippen LogP contribution is -2.27. The molecule has 3 aromatic rings. The van der Waals surface area contributed by atoms with E-state index in [1.165, 1.54) is 5.01 Å². The first-order valence-corrected chi connectivity index (χ1v) is 9.35. The molecule has 0 saturated carbocycles. The van der Waals surface area contributed by atoms with Crippen LogP contribution >= 0.6 is 0 Å². The monoisotopic (exact) mass is 384 g/mol. The molecule has 0 saturated heterocycles. The molecule has 0 spiro atoms. The number of aryl methyl sites for hydroxylation is 1. The minimum atomic E-state index is -0.271. The molecule has 2 amide bonds. The second kappa shape index (κ2) is 8.06. The lowest BCUT2D eigenvalue weighted by atomic mass is 10.0. The summed E-state index contributed by atoms with van der Waals surface area (Å²) < 4.78 is 0. The van der Waals surface area contributed by atoms with E-state index in [0.29, 0.717) is 24.1 Å². The quantitative estimate of drug-likeness (QED) is 0.677. The van der Waals surface area contributed by atoms with Crippen LogP contribution in [0, 0.1) is 6.92 Å². The number of carbonyl (C=O) groups excluding carboxylic acids is 2. The Morgan fingerprint density at radius 2 is 1.83 bits per heavy atom. The molecule has 1 aliphatic heterocycles. The van der Waals surface area contributed by atoms with Crippen LogP contribution in [0.5, 0.6) is 0 Å². The fourth-order valence-corrected chi connectivity index (χ4v) is 3.33. The number of nitrogens with one attached hydrogen (secondary N) is 1. The lowest BCUT2D eigenvalue weighted by molar-refractivity contribution is -0.105. The summed E-state index contributed by atoms with van der Waals surface area (Å²) in [5.41, 5.74) is 4.90. The summed E-state index contributed by atoms with van der Waals surface area (Å²) in [6.07, 6.45) is 2.93. The van der Waals surface area contributed by atoms with Crippen LogP contribution in [0.25, 0.3) is 0 Å². The molecule has 2 heterocycles. The Kier molecular flexibility index (Phi) is 5.16. The summed E-state index contributed by atoms with van der Waals surface area (Å²) in [6.45, 7) is 1.99. The SMILES string of the molecule is Cc1ccc(C(=O)N2N=C(c3ccc(NC=O)cc3)CC2c2ccccn2)cc1. The van der Waals surface area contributed by atoms with Crippen molar-refractivity contribution >= 4 is 23.7 Å². The van der Waals surface area contributed by atoms with E-state index in [2.05, 4.69) is 15.4 Å². The number of aromatic nitrogens is 1. The molecule has 1 N–H and O–H groups in total. The third kappa shape index (κ3) is 3.91. The standard InChI is InChI=1S/C23H20N4O2/c1-16-5-7-18(8-6-16)23(29)27-22(20-4-2-3-13-24-20)14-21(26-27)17-9-11-19(12-10-17)25-15-28/h2-13,15,22H,14H2,1H3,(H,25,28). The van der Waals surface area contributed by atoms with Crippen molar-refractivity contribution in [3.63, 3.8) is 0 Å². The largest absolute Gasteiger partial charge is 0.329 e. The summed E-state index contributed by atoms with van der Waals surface area (Å²) in [6, 6.07) is 20.3. The van der Waals surface area contributed by atoms with Gasteiger partial charge in [-0.3, -0.25) is 14.6 Å². The molecule has 4 rings (SSSR count). The molecule has 0 radical (unpaired) electrons. The van der Waals surface area contributed by atoms with E-state index in [-0.39, 0.29) is 11.9 Å². The number of anilines is 1. The molecule has 29 heavy (non-hydrogen) atoms. The first-order valence-electron chi connectivity index (χ1n) is 9.35. The lowest BCUT2D eigenvalue weighted by Gasteiger charge is -2.21. The average molecular weight is 384 g/mol. The van der Waals surface area contributed by atoms with Gasteiger partial charge in [0, 0.05) is 23.9 Å². The molecule has 0 bridgehead atoms. The number of nitrogens with zero attached hydrogens (tertiary/aromatic N) is 3. The Hall–Kier alpha value is -3.80. The van der Waals surface area contributed by atoms with Gasteiger partial charge in [-0.25, -0.2) is 5.01 Å². The Balaban J connectivity index is 1.68. The van der Waals surface area contributed by atoms with Gasteiger partial charge in [-0.1, -0.05) is 35.9 Å². The van der Waals surface area contributed by atoms with E-state index >= 15 is 0 Å². The van der Waals surface area contributed by atoms with E-state index in [0.717, 1.165) is 22.5 Å². The maximum atomic E-state index is 13.2. The number of hydrazone groups is 1. The number of carbonyl (C=O) groups is 2. The molecule has 6 nitrogen and oxygen atoms in total. The number of hydrogen-bond acceptors (Lipinski definition) is 4. The number of amides is 2. The molecule has 1 atom stereocenters. The van der Waals surface area contributed by atoms with Gasteiger partial charge < -0.3 is 5.32 Å². The zero-order valence-electron chi connectivity index (χ0n) is 15.9. The maximum Gasteiger partial charge on any atom is 0.274 e. The van der Waals surface area contributed by atoms with Crippen molar-refractivity contribution < 1.29 is 9.59 Å². The fraction of sp³-hybridized carbons (Fsp3) is 0.130. The van der Waals surface area contributed by atoms with Gasteiger partial charge in [0.1, 0.15) is 6.04 Å². The summed E-state index contributed by atoms with van der Waals surface area (Å²) in [7, 11) is 0. The van der Waals surface area contributed by atoms with Gasteiger partial charge in [-0.2, -0.15) is 5.10 Å². The summed E-state index contributed by atoms with van der Waals surface area (Å²) in [5, 5.41) is 8.81. The molecule has 1 unspecified atom stereocenters. The smallest absolute Gasteiger partial charge is 0.274 e. The van der Waals surface area contributed by atoms with Crippen molar-refractivity contribution in [2.24, 2.45) is 5.10 Å². The van der Waals surface area contributed by atoms with Crippen LogP contribution in [0.3, 0.4) is 0 Å². The van der Waals surface area contributed by atoms with E-state index in [1.54, 1.807) is 6.20 Å². The zero-order chi connectivity index (χ0) is 20.2.